The van der Waals surface area contributed by atoms with Crippen molar-refractivity contribution < 1.29 is 38.7 Å². The summed E-state index contributed by atoms with van der Waals surface area (Å²) in [6, 6.07) is -1.04. The number of rotatable bonds is 7. The molecule has 0 bridgehead atoms. The number of amides is 3. The largest absolute Gasteiger partial charge is 0.477 e. The Labute approximate surface area is 156 Å². The number of carbonyl (C=O) groups is 5. The summed E-state index contributed by atoms with van der Waals surface area (Å²) in [5.41, 5.74) is 4.23. The molecule has 1 saturated heterocycles. The Hall–Kier alpha value is -3.09. The maximum absolute atomic E-state index is 12.4. The lowest BCUT2D eigenvalue weighted by molar-refractivity contribution is -0.150. The first-order chi connectivity index (χ1) is 12.7. The van der Waals surface area contributed by atoms with Crippen LogP contribution in [0, 0.1) is 0 Å². The SMILES string of the molecule is CON=C(C(C)=O)C(=O)NC1C(=O)N2C(C(=O)O)=C(COC(N)=O)CS[C@H]12. The minimum atomic E-state index is -1.38. The first-order valence-electron chi connectivity index (χ1n) is 7.44. The van der Waals surface area contributed by atoms with Gasteiger partial charge in [-0.1, -0.05) is 5.16 Å². The van der Waals surface area contributed by atoms with Gasteiger partial charge in [0.1, 0.15) is 30.8 Å². The molecule has 0 saturated carbocycles. The predicted octanol–water partition coefficient (Wildman–Crippen LogP) is -1.59. The zero-order chi connectivity index (χ0) is 20.3. The van der Waals surface area contributed by atoms with Gasteiger partial charge in [0.25, 0.3) is 11.8 Å². The molecule has 27 heavy (non-hydrogen) atoms. The number of β-lactam (4-membered cyclic amide) rings is 1. The van der Waals surface area contributed by atoms with E-state index in [4.69, 9.17) is 5.73 Å². The van der Waals surface area contributed by atoms with Crippen molar-refractivity contribution in [3.05, 3.63) is 11.3 Å². The minimum Gasteiger partial charge on any atom is -0.477 e. The van der Waals surface area contributed by atoms with Crippen LogP contribution in [0.4, 0.5) is 4.79 Å². The van der Waals surface area contributed by atoms with Gasteiger partial charge in [0.2, 0.25) is 5.71 Å². The zero-order valence-electron chi connectivity index (χ0n) is 14.3. The van der Waals surface area contributed by atoms with Crippen LogP contribution in [0.1, 0.15) is 6.92 Å². The number of nitrogens with two attached hydrogens (primary N) is 1. The number of carboxylic acids is 1. The molecule has 0 aromatic carbocycles. The summed E-state index contributed by atoms with van der Waals surface area (Å²) >= 11 is 1.16. The third kappa shape index (κ3) is 4.02. The number of Topliss-reactive ketones (excluding diaryl/α,β-unsaturated/α-hetero) is 1. The fraction of sp³-hybridized carbons (Fsp3) is 0.429. The maximum Gasteiger partial charge on any atom is 0.404 e. The molecule has 12 nitrogen and oxygen atoms in total. The van der Waals surface area contributed by atoms with E-state index in [2.05, 4.69) is 20.0 Å². The molecule has 2 aliphatic rings. The Morgan fingerprint density at radius 2 is 2.07 bits per heavy atom. The van der Waals surface area contributed by atoms with Gasteiger partial charge in [-0.3, -0.25) is 19.3 Å². The van der Waals surface area contributed by atoms with Gasteiger partial charge in [0, 0.05) is 18.2 Å². The summed E-state index contributed by atoms with van der Waals surface area (Å²) < 4.78 is 4.61. The second-order valence-corrected chi connectivity index (χ2v) is 6.51. The number of carboxylic acid groups (broad SMARTS) is 1. The molecule has 0 aromatic rings. The lowest BCUT2D eigenvalue weighted by atomic mass is 10.0. The smallest absolute Gasteiger partial charge is 0.404 e. The molecule has 0 radical (unpaired) electrons. The van der Waals surface area contributed by atoms with Crippen LogP contribution in [0.5, 0.6) is 0 Å². The highest BCUT2D eigenvalue weighted by atomic mass is 32.2. The molecule has 1 fully saturated rings. The summed E-state index contributed by atoms with van der Waals surface area (Å²) in [5.74, 6) is -3.50. The number of ketones is 1. The van der Waals surface area contributed by atoms with Crippen molar-refractivity contribution in [2.75, 3.05) is 19.5 Å². The van der Waals surface area contributed by atoms with Gasteiger partial charge < -0.3 is 25.7 Å². The Morgan fingerprint density at radius 3 is 2.59 bits per heavy atom. The number of carbonyl (C=O) groups excluding carboxylic acids is 4. The van der Waals surface area contributed by atoms with Gasteiger partial charge in [0.05, 0.1) is 0 Å². The van der Waals surface area contributed by atoms with Crippen LogP contribution in [-0.4, -0.2) is 76.3 Å². The van der Waals surface area contributed by atoms with E-state index < -0.39 is 46.8 Å². The van der Waals surface area contributed by atoms with Gasteiger partial charge in [0.15, 0.2) is 5.78 Å². The fourth-order valence-corrected chi connectivity index (χ4v) is 3.85. The summed E-state index contributed by atoms with van der Waals surface area (Å²) in [6.07, 6.45) is -1.08. The van der Waals surface area contributed by atoms with E-state index in [0.29, 0.717) is 0 Å². The van der Waals surface area contributed by atoms with Crippen LogP contribution < -0.4 is 11.1 Å². The van der Waals surface area contributed by atoms with Crippen molar-refractivity contribution in [2.45, 2.75) is 18.3 Å². The second kappa shape index (κ2) is 8.07. The van der Waals surface area contributed by atoms with Gasteiger partial charge >= 0.3 is 12.1 Å². The normalized spacial score (nSPS) is 21.8. The van der Waals surface area contributed by atoms with E-state index in [9.17, 15) is 29.1 Å². The molecule has 2 rings (SSSR count). The molecular weight excluding hydrogens is 384 g/mol. The molecule has 13 heteroatoms. The standard InChI is InChI=1S/C14H16N4O8S/c1-5(19)7(17-25-2)10(20)16-8-11(21)18-9(13(22)23)6(3-26-14(15)24)4-27-12(8)18/h8,12H,3-4H2,1-2H3,(H2,15,24)(H,16,20)(H,22,23)/t8?,12-/m1/s1. The molecule has 0 aliphatic carbocycles. The van der Waals surface area contributed by atoms with E-state index in [1.165, 1.54) is 0 Å². The second-order valence-electron chi connectivity index (χ2n) is 5.40. The topological polar surface area (TPSA) is 178 Å². The van der Waals surface area contributed by atoms with Crippen LogP contribution in [0.25, 0.3) is 0 Å². The Bertz CT molecular complexity index is 777. The van der Waals surface area contributed by atoms with Crippen LogP contribution in [0.3, 0.4) is 0 Å². The molecule has 3 amide bonds. The van der Waals surface area contributed by atoms with Gasteiger partial charge in [-0.25, -0.2) is 9.59 Å². The van der Waals surface area contributed by atoms with Gasteiger partial charge in [-0.2, -0.15) is 0 Å². The average Bonchev–Trinajstić information content (AvgIpc) is 2.60. The molecule has 146 valence electrons. The van der Waals surface area contributed by atoms with Crippen molar-refractivity contribution in [2.24, 2.45) is 10.9 Å². The van der Waals surface area contributed by atoms with Crippen molar-refractivity contribution in [1.29, 1.82) is 0 Å². The summed E-state index contributed by atoms with van der Waals surface area (Å²) in [5, 5.41) is 14.4. The number of fused-ring (bicyclic) bond motifs is 1. The van der Waals surface area contributed by atoms with Crippen molar-refractivity contribution >= 4 is 47.1 Å². The third-order valence-electron chi connectivity index (χ3n) is 3.66. The number of aliphatic carboxylic acids is 1. The molecule has 1 unspecified atom stereocenters. The minimum absolute atomic E-state index is 0.140. The lowest BCUT2D eigenvalue weighted by Gasteiger charge is -2.49. The molecular formula is C14H16N4O8S. The first kappa shape index (κ1) is 20.2. The molecule has 0 aromatic heterocycles. The number of hydrogen-bond acceptors (Lipinski definition) is 9. The molecule has 2 aliphatic heterocycles. The highest BCUT2D eigenvalue weighted by molar-refractivity contribution is 8.00. The highest BCUT2D eigenvalue weighted by Crippen LogP contribution is 2.40. The highest BCUT2D eigenvalue weighted by Gasteiger charge is 2.54. The predicted molar refractivity (Wildman–Crippen MR) is 90.3 cm³/mol. The number of oxime groups is 1. The summed E-state index contributed by atoms with van der Waals surface area (Å²) in [7, 11) is 1.16. The Balaban J connectivity index is 2.18. The van der Waals surface area contributed by atoms with Crippen molar-refractivity contribution in [3.8, 4) is 0 Å². The molecule has 2 heterocycles. The van der Waals surface area contributed by atoms with Crippen molar-refractivity contribution in [3.63, 3.8) is 0 Å². The van der Waals surface area contributed by atoms with Crippen LogP contribution in [-0.2, 0) is 28.8 Å². The first-order valence-corrected chi connectivity index (χ1v) is 8.49. The number of hydrogen-bond donors (Lipinski definition) is 3. The summed E-state index contributed by atoms with van der Waals surface area (Å²) in [4.78, 5) is 63.7. The van der Waals surface area contributed by atoms with Gasteiger partial charge in [-0.05, 0) is 0 Å². The van der Waals surface area contributed by atoms with Crippen LogP contribution >= 0.6 is 11.8 Å². The lowest BCUT2D eigenvalue weighted by Crippen LogP contribution is -2.71. The number of nitrogens with one attached hydrogen (secondary N) is 1. The molecule has 4 N–H and O–H groups in total. The van der Waals surface area contributed by atoms with E-state index in [-0.39, 0.29) is 23.6 Å². The molecule has 2 atom stereocenters. The van der Waals surface area contributed by atoms with Crippen molar-refractivity contribution in [1.82, 2.24) is 10.2 Å². The third-order valence-corrected chi connectivity index (χ3v) is 5.00. The average molecular weight is 400 g/mol. The number of primary amides is 1. The molecule has 0 spiro atoms. The van der Waals surface area contributed by atoms with Gasteiger partial charge in [-0.15, -0.1) is 11.8 Å². The van der Waals surface area contributed by atoms with Crippen LogP contribution in [0.2, 0.25) is 0 Å². The number of ether oxygens (including phenoxy) is 1. The van der Waals surface area contributed by atoms with Crippen LogP contribution in [0.15, 0.2) is 16.4 Å². The Morgan fingerprint density at radius 1 is 1.41 bits per heavy atom. The Kier molecular flexibility index (Phi) is 6.05. The van der Waals surface area contributed by atoms with E-state index in [0.717, 1.165) is 30.7 Å². The monoisotopic (exact) mass is 400 g/mol. The maximum atomic E-state index is 12.4. The van der Waals surface area contributed by atoms with E-state index in [1.54, 1.807) is 0 Å². The number of nitrogens with zero attached hydrogens (tertiary/aromatic N) is 2. The quantitative estimate of drug-likeness (QED) is 0.197. The van der Waals surface area contributed by atoms with E-state index >= 15 is 0 Å². The zero-order valence-corrected chi connectivity index (χ0v) is 15.1. The fourth-order valence-electron chi connectivity index (χ4n) is 2.52. The van der Waals surface area contributed by atoms with E-state index in [1.807, 2.05) is 0 Å². The number of thioether (sulfide) groups is 1. The summed E-state index contributed by atoms with van der Waals surface area (Å²) in [6.45, 7) is 0.741.